The summed E-state index contributed by atoms with van der Waals surface area (Å²) in [6.45, 7) is 9.82. The molecule has 0 bridgehead atoms. The molecule has 1 N–H and O–H groups in total. The van der Waals surface area contributed by atoms with E-state index in [1.165, 1.54) is 12.1 Å². The lowest BCUT2D eigenvalue weighted by Gasteiger charge is -2.46. The molecule has 0 amide bonds. The number of morpholine rings is 1. The topological polar surface area (TPSA) is 111 Å². The number of piperidine rings is 1. The van der Waals surface area contributed by atoms with E-state index in [9.17, 15) is 4.79 Å². The number of ether oxygens (including phenoxy) is 2. The smallest absolute Gasteiger partial charge is 0.320 e. The molecule has 2 saturated heterocycles. The van der Waals surface area contributed by atoms with Crippen molar-refractivity contribution in [3.05, 3.63) is 95.7 Å². The van der Waals surface area contributed by atoms with Gasteiger partial charge in [0.15, 0.2) is 5.82 Å². The van der Waals surface area contributed by atoms with E-state index in [1.54, 1.807) is 18.5 Å². The number of carbonyl (C=O) groups is 1. The van der Waals surface area contributed by atoms with Crippen LogP contribution in [0, 0.1) is 18.6 Å². The summed E-state index contributed by atoms with van der Waals surface area (Å²) in [5, 5.41) is 3.05. The molecular weight excluding hydrogens is 642 g/mol. The second-order valence-electron chi connectivity index (χ2n) is 13.2. The summed E-state index contributed by atoms with van der Waals surface area (Å²) in [5.74, 6) is 0.00760. The summed E-state index contributed by atoms with van der Waals surface area (Å²) in [6.07, 6.45) is 5.46. The number of aryl methyl sites for hydroxylation is 1. The zero-order valence-electron chi connectivity index (χ0n) is 28.4. The first-order chi connectivity index (χ1) is 24.2. The van der Waals surface area contributed by atoms with Crippen LogP contribution in [0.4, 0.5) is 20.5 Å². The first-order valence-electron chi connectivity index (χ1n) is 16.9. The minimum Gasteiger partial charge on any atom is -0.460 e. The normalized spacial score (nSPS) is 18.4. The third-order valence-electron chi connectivity index (χ3n) is 9.32. The molecule has 2 fully saturated rings. The fourth-order valence-corrected chi connectivity index (χ4v) is 7.00. The lowest BCUT2D eigenvalue weighted by atomic mass is 9.98. The third-order valence-corrected chi connectivity index (χ3v) is 9.32. The highest BCUT2D eigenvalue weighted by molar-refractivity contribution is 5.84. The maximum Gasteiger partial charge on any atom is 0.320 e. The summed E-state index contributed by atoms with van der Waals surface area (Å²) >= 11 is 0. The highest BCUT2D eigenvalue weighted by Crippen LogP contribution is 2.32. The molecule has 5 heterocycles. The number of rotatable bonds is 10. The average molecular weight is 683 g/mol. The van der Waals surface area contributed by atoms with Crippen LogP contribution in [-0.2, 0) is 27.4 Å². The van der Waals surface area contributed by atoms with Crippen LogP contribution in [0.15, 0.2) is 67.1 Å². The van der Waals surface area contributed by atoms with E-state index in [0.717, 1.165) is 36.8 Å². The predicted molar refractivity (Wildman–Crippen MR) is 185 cm³/mol. The van der Waals surface area contributed by atoms with Crippen molar-refractivity contribution < 1.29 is 23.0 Å². The van der Waals surface area contributed by atoms with Gasteiger partial charge in [-0.05, 0) is 56.5 Å². The second kappa shape index (κ2) is 14.6. The number of benzene rings is 2. The number of hydrogen-bond acceptors (Lipinski definition) is 10. The quantitative estimate of drug-likeness (QED) is 0.181. The summed E-state index contributed by atoms with van der Waals surface area (Å²) in [7, 11) is 0. The number of esters is 1. The maximum atomic E-state index is 15.1. The number of hydrogen-bond donors (Lipinski definition) is 1. The van der Waals surface area contributed by atoms with E-state index < -0.39 is 11.6 Å². The SMILES string of the molecule is Cc1nc2c(F)cc(-c3cc(Nc4ncc(CN5CC[C@H]6[C@H](C5)OCCN6CC(=O)OCc5ccccc5)cn4)ncc3F)cc2n1C(C)C. The van der Waals surface area contributed by atoms with Crippen molar-refractivity contribution in [2.75, 3.05) is 38.1 Å². The number of anilines is 2. The predicted octanol–water partition coefficient (Wildman–Crippen LogP) is 5.82. The zero-order chi connectivity index (χ0) is 34.8. The second-order valence-corrected chi connectivity index (χ2v) is 13.2. The van der Waals surface area contributed by atoms with Crippen molar-refractivity contribution in [2.45, 2.75) is 58.5 Å². The molecule has 5 aromatic rings. The summed E-state index contributed by atoms with van der Waals surface area (Å²) in [4.78, 5) is 34.6. The standard InChI is InChI=1S/C37H40F2N8O3/c1-23(2)47-24(3)43-36-29(38)13-27(14-32(36)47)28-15-34(40-18-30(28)39)44-37-41-16-26(17-42-37)19-45-10-9-31-33(20-45)49-12-11-46(31)21-35(48)50-22-25-7-5-4-6-8-25/h4-8,13-18,23,31,33H,9-12,19-22H2,1-3H3,(H,40,41,42,44)/t31-,33-/m0/s1. The molecule has 260 valence electrons. The van der Waals surface area contributed by atoms with E-state index in [4.69, 9.17) is 9.47 Å². The van der Waals surface area contributed by atoms with Crippen LogP contribution in [0.1, 0.15) is 43.3 Å². The Kier molecular flexibility index (Phi) is 9.79. The Morgan fingerprint density at radius 1 is 1.02 bits per heavy atom. The van der Waals surface area contributed by atoms with Crippen LogP contribution in [0.3, 0.4) is 0 Å². The molecule has 0 aliphatic carbocycles. The average Bonchev–Trinajstić information content (AvgIpc) is 3.46. The minimum absolute atomic E-state index is 0.0100. The number of fused-ring (bicyclic) bond motifs is 2. The summed E-state index contributed by atoms with van der Waals surface area (Å²) in [6, 6.07) is 14.5. The van der Waals surface area contributed by atoms with Gasteiger partial charge in [-0.3, -0.25) is 14.6 Å². The minimum atomic E-state index is -0.574. The zero-order valence-corrected chi connectivity index (χ0v) is 28.4. The van der Waals surface area contributed by atoms with Gasteiger partial charge in [-0.15, -0.1) is 0 Å². The van der Waals surface area contributed by atoms with Gasteiger partial charge in [0, 0.05) is 61.8 Å². The Labute approximate surface area is 289 Å². The molecule has 13 heteroatoms. The Bertz CT molecular complexity index is 1970. The highest BCUT2D eigenvalue weighted by Gasteiger charge is 2.37. The molecular formula is C37H40F2N8O3. The van der Waals surface area contributed by atoms with Gasteiger partial charge in [-0.2, -0.15) is 0 Å². The molecule has 2 aliphatic rings. The molecule has 11 nitrogen and oxygen atoms in total. The molecule has 0 unspecified atom stereocenters. The number of imidazole rings is 1. The lowest BCUT2D eigenvalue weighted by molar-refractivity contribution is -0.153. The van der Waals surface area contributed by atoms with E-state index >= 15 is 8.78 Å². The van der Waals surface area contributed by atoms with Crippen LogP contribution < -0.4 is 5.32 Å². The molecule has 50 heavy (non-hydrogen) atoms. The summed E-state index contributed by atoms with van der Waals surface area (Å²) in [5.41, 5.74) is 3.34. The van der Waals surface area contributed by atoms with Gasteiger partial charge in [0.1, 0.15) is 29.6 Å². The molecule has 2 aliphatic heterocycles. The van der Waals surface area contributed by atoms with Gasteiger partial charge < -0.3 is 19.4 Å². The van der Waals surface area contributed by atoms with Crippen LogP contribution in [0.25, 0.3) is 22.2 Å². The Morgan fingerprint density at radius 2 is 1.82 bits per heavy atom. The first kappa shape index (κ1) is 33.6. The molecule has 3 aromatic heterocycles. The largest absolute Gasteiger partial charge is 0.460 e. The van der Waals surface area contributed by atoms with Crippen molar-refractivity contribution in [3.63, 3.8) is 0 Å². The number of halogens is 2. The van der Waals surface area contributed by atoms with Crippen molar-refractivity contribution in [2.24, 2.45) is 0 Å². The summed E-state index contributed by atoms with van der Waals surface area (Å²) < 4.78 is 43.7. The molecule has 0 spiro atoms. The molecule has 0 saturated carbocycles. The van der Waals surface area contributed by atoms with E-state index in [0.29, 0.717) is 48.4 Å². The number of nitrogens with one attached hydrogen (secondary N) is 1. The van der Waals surface area contributed by atoms with Gasteiger partial charge in [-0.1, -0.05) is 30.3 Å². The van der Waals surface area contributed by atoms with Crippen molar-refractivity contribution in [1.29, 1.82) is 0 Å². The van der Waals surface area contributed by atoms with Gasteiger partial charge in [0.05, 0.1) is 31.0 Å². The molecule has 2 aromatic carbocycles. The van der Waals surface area contributed by atoms with Crippen molar-refractivity contribution in [3.8, 4) is 11.1 Å². The van der Waals surface area contributed by atoms with E-state index in [-0.39, 0.29) is 48.4 Å². The third kappa shape index (κ3) is 7.35. The van der Waals surface area contributed by atoms with Crippen LogP contribution in [0.5, 0.6) is 0 Å². The monoisotopic (exact) mass is 682 g/mol. The Hall–Kier alpha value is -4.85. The van der Waals surface area contributed by atoms with Gasteiger partial charge in [0.2, 0.25) is 5.95 Å². The number of likely N-dealkylation sites (tertiary alicyclic amines) is 1. The molecule has 2 atom stereocenters. The number of pyridine rings is 1. The fourth-order valence-electron chi connectivity index (χ4n) is 7.00. The molecule has 7 rings (SSSR count). The fraction of sp³-hybridized carbons (Fsp3) is 0.378. The Balaban J connectivity index is 0.958. The van der Waals surface area contributed by atoms with E-state index in [2.05, 4.69) is 35.1 Å². The number of carbonyl (C=O) groups excluding carboxylic acids is 1. The first-order valence-corrected chi connectivity index (χ1v) is 16.9. The van der Waals surface area contributed by atoms with Crippen molar-refractivity contribution in [1.82, 2.24) is 34.3 Å². The van der Waals surface area contributed by atoms with Crippen LogP contribution in [-0.4, -0.2) is 85.2 Å². The van der Waals surface area contributed by atoms with Gasteiger partial charge >= 0.3 is 5.97 Å². The van der Waals surface area contributed by atoms with Crippen LogP contribution >= 0.6 is 0 Å². The Morgan fingerprint density at radius 3 is 2.60 bits per heavy atom. The molecule has 0 radical (unpaired) electrons. The number of aromatic nitrogens is 5. The maximum absolute atomic E-state index is 15.1. The number of nitrogens with zero attached hydrogens (tertiary/aromatic N) is 7. The van der Waals surface area contributed by atoms with E-state index in [1.807, 2.05) is 55.7 Å². The van der Waals surface area contributed by atoms with Gasteiger partial charge in [0.25, 0.3) is 0 Å². The highest BCUT2D eigenvalue weighted by atomic mass is 19.1. The van der Waals surface area contributed by atoms with Crippen molar-refractivity contribution >= 4 is 28.8 Å². The van der Waals surface area contributed by atoms with Crippen LogP contribution in [0.2, 0.25) is 0 Å². The van der Waals surface area contributed by atoms with Gasteiger partial charge in [-0.25, -0.2) is 28.7 Å². The lowest BCUT2D eigenvalue weighted by Crippen LogP contribution is -2.59.